The number of rotatable bonds is 4. The van der Waals surface area contributed by atoms with Gasteiger partial charge in [-0.15, -0.1) is 0 Å². The summed E-state index contributed by atoms with van der Waals surface area (Å²) in [6, 6.07) is 5.00. The highest BCUT2D eigenvalue weighted by molar-refractivity contribution is 5.56. The van der Waals surface area contributed by atoms with Crippen molar-refractivity contribution in [2.75, 3.05) is 5.32 Å². The van der Waals surface area contributed by atoms with Crippen molar-refractivity contribution in [3.05, 3.63) is 52.2 Å². The largest absolute Gasteiger partial charge is 0.386 e. The number of pyridine rings is 1. The Morgan fingerprint density at radius 1 is 1.33 bits per heavy atom. The zero-order chi connectivity index (χ0) is 13.0. The highest BCUT2D eigenvalue weighted by atomic mass is 16.6. The molecule has 0 atom stereocenters. The van der Waals surface area contributed by atoms with E-state index in [0.717, 1.165) is 5.69 Å². The normalized spacial score (nSPS) is 10.1. The molecule has 92 valence electrons. The molecule has 1 N–H and O–H groups in total. The highest BCUT2D eigenvalue weighted by Crippen LogP contribution is 2.20. The number of nitrogens with zero attached hydrogens (tertiary/aromatic N) is 4. The van der Waals surface area contributed by atoms with Crippen molar-refractivity contribution < 1.29 is 4.92 Å². The van der Waals surface area contributed by atoms with Crippen LogP contribution in [-0.2, 0) is 6.54 Å². The number of aromatic nitrogens is 3. The molecule has 2 aromatic heterocycles. The third kappa shape index (κ3) is 2.76. The summed E-state index contributed by atoms with van der Waals surface area (Å²) in [6.45, 7) is 2.17. The van der Waals surface area contributed by atoms with E-state index in [4.69, 9.17) is 0 Å². The predicted octanol–water partition coefficient (Wildman–Crippen LogP) is 1.70. The fraction of sp³-hybridized carbons (Fsp3) is 0.182. The van der Waals surface area contributed by atoms with Gasteiger partial charge in [0.2, 0.25) is 0 Å². The molecular formula is C11H11N5O2. The SMILES string of the molecule is Cc1nccc(CNc2cccnc2[N+](=O)[O-])n1. The Bertz CT molecular complexity index is 573. The van der Waals surface area contributed by atoms with Crippen LogP contribution in [0.15, 0.2) is 30.6 Å². The molecule has 0 saturated carbocycles. The summed E-state index contributed by atoms with van der Waals surface area (Å²) in [7, 11) is 0. The van der Waals surface area contributed by atoms with Crippen molar-refractivity contribution in [1.82, 2.24) is 15.0 Å². The minimum atomic E-state index is -0.520. The van der Waals surface area contributed by atoms with Crippen LogP contribution in [0.2, 0.25) is 0 Å². The van der Waals surface area contributed by atoms with Crippen LogP contribution in [0.4, 0.5) is 11.5 Å². The topological polar surface area (TPSA) is 93.8 Å². The van der Waals surface area contributed by atoms with Crippen molar-refractivity contribution in [1.29, 1.82) is 0 Å². The Morgan fingerprint density at radius 3 is 2.89 bits per heavy atom. The molecule has 0 amide bonds. The molecule has 0 radical (unpaired) electrons. The number of anilines is 1. The minimum absolute atomic E-state index is 0.191. The summed E-state index contributed by atoms with van der Waals surface area (Å²) in [4.78, 5) is 22.1. The van der Waals surface area contributed by atoms with E-state index in [9.17, 15) is 10.1 Å². The van der Waals surface area contributed by atoms with Gasteiger partial charge in [0.05, 0.1) is 12.2 Å². The molecule has 2 heterocycles. The van der Waals surface area contributed by atoms with E-state index < -0.39 is 4.92 Å². The Balaban J connectivity index is 2.13. The van der Waals surface area contributed by atoms with E-state index in [1.165, 1.54) is 6.20 Å². The molecule has 2 rings (SSSR count). The summed E-state index contributed by atoms with van der Waals surface area (Å²) < 4.78 is 0. The molecule has 7 nitrogen and oxygen atoms in total. The molecule has 0 aromatic carbocycles. The van der Waals surface area contributed by atoms with Gasteiger partial charge in [0.15, 0.2) is 0 Å². The molecule has 2 aromatic rings. The fourth-order valence-corrected chi connectivity index (χ4v) is 1.47. The van der Waals surface area contributed by atoms with Gasteiger partial charge in [-0.3, -0.25) is 0 Å². The maximum Gasteiger partial charge on any atom is 0.386 e. The Morgan fingerprint density at radius 2 is 2.17 bits per heavy atom. The molecular weight excluding hydrogens is 234 g/mol. The maximum absolute atomic E-state index is 10.8. The van der Waals surface area contributed by atoms with Crippen molar-refractivity contribution in [2.45, 2.75) is 13.5 Å². The predicted molar refractivity (Wildman–Crippen MR) is 65.0 cm³/mol. The summed E-state index contributed by atoms with van der Waals surface area (Å²) in [5.41, 5.74) is 1.14. The first kappa shape index (κ1) is 11.9. The quantitative estimate of drug-likeness (QED) is 0.650. The molecule has 0 aliphatic carbocycles. The van der Waals surface area contributed by atoms with Crippen LogP contribution in [0, 0.1) is 17.0 Å². The number of nitrogens with one attached hydrogen (secondary N) is 1. The Labute approximate surface area is 103 Å². The molecule has 0 bridgehead atoms. The van der Waals surface area contributed by atoms with Gasteiger partial charge in [-0.1, -0.05) is 0 Å². The number of hydrogen-bond acceptors (Lipinski definition) is 6. The first-order valence-corrected chi connectivity index (χ1v) is 5.28. The number of aryl methyl sites for hydroxylation is 1. The smallest absolute Gasteiger partial charge is 0.372 e. The summed E-state index contributed by atoms with van der Waals surface area (Å²) in [5, 5.41) is 13.7. The Kier molecular flexibility index (Phi) is 3.42. The van der Waals surface area contributed by atoms with Crippen molar-refractivity contribution >= 4 is 11.5 Å². The van der Waals surface area contributed by atoms with Crippen LogP contribution in [-0.4, -0.2) is 19.9 Å². The molecule has 0 spiro atoms. The van der Waals surface area contributed by atoms with Crippen molar-refractivity contribution in [3.8, 4) is 0 Å². The van der Waals surface area contributed by atoms with Crippen molar-refractivity contribution in [3.63, 3.8) is 0 Å². The van der Waals surface area contributed by atoms with Gasteiger partial charge in [0, 0.05) is 6.20 Å². The second-order valence-corrected chi connectivity index (χ2v) is 3.58. The van der Waals surface area contributed by atoms with Gasteiger partial charge >= 0.3 is 5.82 Å². The lowest BCUT2D eigenvalue weighted by Gasteiger charge is -2.06. The van der Waals surface area contributed by atoms with Crippen LogP contribution in [0.25, 0.3) is 0 Å². The zero-order valence-electron chi connectivity index (χ0n) is 9.70. The monoisotopic (exact) mass is 245 g/mol. The Hall–Kier alpha value is -2.57. The lowest BCUT2D eigenvalue weighted by atomic mass is 10.3. The molecule has 0 aliphatic rings. The second-order valence-electron chi connectivity index (χ2n) is 3.58. The lowest BCUT2D eigenvalue weighted by Crippen LogP contribution is -2.06. The average molecular weight is 245 g/mol. The van der Waals surface area contributed by atoms with E-state index in [1.54, 1.807) is 31.3 Å². The van der Waals surface area contributed by atoms with Gasteiger partial charge in [-0.25, -0.2) is 9.97 Å². The minimum Gasteiger partial charge on any atom is -0.372 e. The van der Waals surface area contributed by atoms with Crippen LogP contribution in [0.3, 0.4) is 0 Å². The second kappa shape index (κ2) is 5.17. The molecule has 7 heteroatoms. The standard InChI is InChI=1S/C11H11N5O2/c1-8-12-6-4-9(15-8)7-14-10-3-2-5-13-11(10)16(17)18/h2-6,14H,7H2,1H3. The van der Waals surface area contributed by atoms with E-state index in [0.29, 0.717) is 18.1 Å². The molecule has 18 heavy (non-hydrogen) atoms. The van der Waals surface area contributed by atoms with Gasteiger partial charge in [-0.05, 0) is 35.0 Å². The van der Waals surface area contributed by atoms with Gasteiger partial charge in [0.25, 0.3) is 0 Å². The molecule has 0 fully saturated rings. The van der Waals surface area contributed by atoms with Crippen LogP contribution in [0.5, 0.6) is 0 Å². The molecule has 0 unspecified atom stereocenters. The summed E-state index contributed by atoms with van der Waals surface area (Å²) in [6.07, 6.45) is 3.04. The van der Waals surface area contributed by atoms with E-state index >= 15 is 0 Å². The third-order valence-electron chi connectivity index (χ3n) is 2.25. The third-order valence-corrected chi connectivity index (χ3v) is 2.25. The fourth-order valence-electron chi connectivity index (χ4n) is 1.47. The summed E-state index contributed by atoms with van der Waals surface area (Å²) >= 11 is 0. The molecule has 0 aliphatic heterocycles. The van der Waals surface area contributed by atoms with E-state index in [1.807, 2.05) is 0 Å². The number of hydrogen-bond donors (Lipinski definition) is 1. The van der Waals surface area contributed by atoms with Crippen molar-refractivity contribution in [2.24, 2.45) is 0 Å². The summed E-state index contributed by atoms with van der Waals surface area (Å²) in [5.74, 6) is 0.471. The van der Waals surface area contributed by atoms with Crippen LogP contribution >= 0.6 is 0 Å². The first-order valence-electron chi connectivity index (χ1n) is 5.28. The van der Waals surface area contributed by atoms with Crippen LogP contribution < -0.4 is 5.32 Å². The first-order chi connectivity index (χ1) is 8.66. The van der Waals surface area contributed by atoms with Gasteiger partial charge in [-0.2, -0.15) is 0 Å². The zero-order valence-corrected chi connectivity index (χ0v) is 9.70. The average Bonchev–Trinajstić information content (AvgIpc) is 2.37. The van der Waals surface area contributed by atoms with E-state index in [2.05, 4.69) is 20.3 Å². The van der Waals surface area contributed by atoms with E-state index in [-0.39, 0.29) is 5.82 Å². The van der Waals surface area contributed by atoms with Crippen LogP contribution in [0.1, 0.15) is 11.5 Å². The molecule has 0 saturated heterocycles. The van der Waals surface area contributed by atoms with Gasteiger partial charge < -0.3 is 15.4 Å². The highest BCUT2D eigenvalue weighted by Gasteiger charge is 2.13. The lowest BCUT2D eigenvalue weighted by molar-refractivity contribution is -0.388. The number of nitro groups is 1. The van der Waals surface area contributed by atoms with Gasteiger partial charge in [0.1, 0.15) is 17.7 Å². The maximum atomic E-state index is 10.8.